The lowest BCUT2D eigenvalue weighted by Gasteiger charge is -2.10. The number of rotatable bonds is 7. The molecule has 4 aromatic rings. The molecular formula is C20H18N4O2S2. The maximum absolute atomic E-state index is 5.55. The molecule has 0 unspecified atom stereocenters. The fourth-order valence-corrected chi connectivity index (χ4v) is 4.72. The zero-order valence-electron chi connectivity index (χ0n) is 15.4. The smallest absolute Gasteiger partial charge is 0.214 e. The first kappa shape index (κ1) is 18.5. The minimum Gasteiger partial charge on any atom is -0.414 e. The third-order valence-corrected chi connectivity index (χ3v) is 6.14. The van der Waals surface area contributed by atoms with Crippen LogP contribution >= 0.6 is 21.6 Å². The third kappa shape index (κ3) is 3.61. The van der Waals surface area contributed by atoms with E-state index in [1.165, 1.54) is 21.6 Å². The van der Waals surface area contributed by atoms with E-state index in [4.69, 9.17) is 9.68 Å². The molecule has 4 rings (SSSR count). The standard InChI is InChI=1S/C20H18N4O2S2/c1-25-23-17(15-9-5-3-6-10-15)13-21-19(23)27-28-20-22-14-18(24(20)26-2)16-11-7-4-8-12-16/h3-14H,1-2H3. The zero-order chi connectivity index (χ0) is 19.3. The molecule has 2 aromatic heterocycles. The predicted molar refractivity (Wildman–Crippen MR) is 112 cm³/mol. The van der Waals surface area contributed by atoms with Crippen LogP contribution in [0.1, 0.15) is 0 Å². The van der Waals surface area contributed by atoms with Gasteiger partial charge in [0.2, 0.25) is 10.3 Å². The van der Waals surface area contributed by atoms with Gasteiger partial charge < -0.3 is 9.68 Å². The summed E-state index contributed by atoms with van der Waals surface area (Å²) in [7, 11) is 6.18. The Labute approximate surface area is 170 Å². The summed E-state index contributed by atoms with van der Waals surface area (Å²) < 4.78 is 3.43. The van der Waals surface area contributed by atoms with Gasteiger partial charge in [0.1, 0.15) is 25.6 Å². The van der Waals surface area contributed by atoms with E-state index in [1.54, 1.807) is 36.1 Å². The van der Waals surface area contributed by atoms with Gasteiger partial charge in [-0.05, 0) is 21.6 Å². The van der Waals surface area contributed by atoms with Crippen molar-refractivity contribution < 1.29 is 9.68 Å². The molecule has 0 N–H and O–H groups in total. The topological polar surface area (TPSA) is 54.1 Å². The van der Waals surface area contributed by atoms with Crippen molar-refractivity contribution in [2.45, 2.75) is 10.3 Å². The molecule has 0 fully saturated rings. The minimum atomic E-state index is 0.721. The lowest BCUT2D eigenvalue weighted by Crippen LogP contribution is -2.09. The largest absolute Gasteiger partial charge is 0.414 e. The van der Waals surface area contributed by atoms with Crippen molar-refractivity contribution in [3.63, 3.8) is 0 Å². The predicted octanol–water partition coefficient (Wildman–Crippen LogP) is 4.33. The SMILES string of the molecule is COn1c(-c2ccccc2)cnc1SSc1ncc(-c2ccccc2)n1OC. The molecular weight excluding hydrogens is 392 g/mol. The summed E-state index contributed by atoms with van der Waals surface area (Å²) in [5.41, 5.74) is 3.87. The number of benzene rings is 2. The van der Waals surface area contributed by atoms with Crippen LogP contribution < -0.4 is 9.68 Å². The normalized spacial score (nSPS) is 10.8. The van der Waals surface area contributed by atoms with Gasteiger partial charge in [0.05, 0.1) is 12.4 Å². The molecule has 0 bridgehead atoms. The highest BCUT2D eigenvalue weighted by Crippen LogP contribution is 2.38. The molecule has 0 amide bonds. The highest BCUT2D eigenvalue weighted by molar-refractivity contribution is 8.76. The summed E-state index contributed by atoms with van der Waals surface area (Å²) in [6, 6.07) is 20.0. The van der Waals surface area contributed by atoms with Gasteiger partial charge in [0.15, 0.2) is 0 Å². The Morgan fingerprint density at radius 3 is 1.39 bits per heavy atom. The third-order valence-electron chi connectivity index (χ3n) is 4.07. The summed E-state index contributed by atoms with van der Waals surface area (Å²) in [4.78, 5) is 20.1. The summed E-state index contributed by atoms with van der Waals surface area (Å²) in [5, 5.41) is 1.44. The Hall–Kier alpha value is -2.84. The Morgan fingerprint density at radius 2 is 1.04 bits per heavy atom. The first-order valence-electron chi connectivity index (χ1n) is 8.51. The Bertz CT molecular complexity index is 963. The average molecular weight is 411 g/mol. The molecule has 0 aliphatic carbocycles. The molecule has 0 radical (unpaired) electrons. The molecule has 0 saturated heterocycles. The molecule has 2 aromatic carbocycles. The van der Waals surface area contributed by atoms with E-state index in [1.807, 2.05) is 60.7 Å². The average Bonchev–Trinajstić information content (AvgIpc) is 3.36. The summed E-state index contributed by atoms with van der Waals surface area (Å²) >= 11 is 0. The second kappa shape index (κ2) is 8.45. The van der Waals surface area contributed by atoms with E-state index in [0.29, 0.717) is 0 Å². The van der Waals surface area contributed by atoms with Gasteiger partial charge in [-0.2, -0.15) is 9.46 Å². The molecule has 0 aliphatic rings. The number of nitrogens with zero attached hydrogens (tertiary/aromatic N) is 4. The fraction of sp³-hybridized carbons (Fsp3) is 0.100. The quantitative estimate of drug-likeness (QED) is 0.423. The molecule has 0 saturated carbocycles. The van der Waals surface area contributed by atoms with E-state index >= 15 is 0 Å². The van der Waals surface area contributed by atoms with Gasteiger partial charge in [0.25, 0.3) is 0 Å². The van der Waals surface area contributed by atoms with Crippen molar-refractivity contribution >= 4 is 21.6 Å². The number of imidazole rings is 2. The number of hydrogen-bond donors (Lipinski definition) is 0. The van der Waals surface area contributed by atoms with Gasteiger partial charge in [-0.15, -0.1) is 0 Å². The fourth-order valence-electron chi connectivity index (χ4n) is 2.79. The van der Waals surface area contributed by atoms with Crippen molar-refractivity contribution in [1.29, 1.82) is 0 Å². The van der Waals surface area contributed by atoms with E-state index in [9.17, 15) is 0 Å². The molecule has 2 heterocycles. The molecule has 8 heteroatoms. The van der Waals surface area contributed by atoms with Crippen molar-refractivity contribution in [2.75, 3.05) is 14.2 Å². The minimum absolute atomic E-state index is 0.721. The van der Waals surface area contributed by atoms with Crippen LogP contribution in [0, 0.1) is 0 Å². The van der Waals surface area contributed by atoms with E-state index in [-0.39, 0.29) is 0 Å². The second-order valence-electron chi connectivity index (χ2n) is 5.70. The molecule has 0 aliphatic heterocycles. The zero-order valence-corrected chi connectivity index (χ0v) is 17.0. The van der Waals surface area contributed by atoms with Crippen LogP contribution in [-0.4, -0.2) is 33.6 Å². The van der Waals surface area contributed by atoms with Crippen molar-refractivity contribution in [3.8, 4) is 22.5 Å². The maximum atomic E-state index is 5.55. The number of aromatic nitrogens is 4. The van der Waals surface area contributed by atoms with E-state index in [0.717, 1.165) is 32.8 Å². The summed E-state index contributed by atoms with van der Waals surface area (Å²) in [6.07, 6.45) is 3.61. The van der Waals surface area contributed by atoms with Gasteiger partial charge in [0, 0.05) is 11.1 Å². The van der Waals surface area contributed by atoms with Gasteiger partial charge in [-0.1, -0.05) is 60.7 Å². The molecule has 142 valence electrons. The van der Waals surface area contributed by atoms with Crippen LogP contribution in [0.4, 0.5) is 0 Å². The highest BCUT2D eigenvalue weighted by atomic mass is 33.1. The van der Waals surface area contributed by atoms with Gasteiger partial charge in [-0.3, -0.25) is 0 Å². The van der Waals surface area contributed by atoms with Crippen LogP contribution in [-0.2, 0) is 0 Å². The van der Waals surface area contributed by atoms with Crippen LogP contribution in [0.15, 0.2) is 83.4 Å². The van der Waals surface area contributed by atoms with E-state index < -0.39 is 0 Å². The molecule has 0 atom stereocenters. The molecule has 28 heavy (non-hydrogen) atoms. The lowest BCUT2D eigenvalue weighted by atomic mass is 10.2. The van der Waals surface area contributed by atoms with Gasteiger partial charge >= 0.3 is 0 Å². The molecule has 6 nitrogen and oxygen atoms in total. The van der Waals surface area contributed by atoms with Crippen molar-refractivity contribution in [2.24, 2.45) is 0 Å². The van der Waals surface area contributed by atoms with Crippen LogP contribution in [0.3, 0.4) is 0 Å². The highest BCUT2D eigenvalue weighted by Gasteiger charge is 2.17. The van der Waals surface area contributed by atoms with Crippen LogP contribution in [0.5, 0.6) is 0 Å². The first-order chi connectivity index (χ1) is 13.8. The second-order valence-corrected chi connectivity index (χ2v) is 7.77. The van der Waals surface area contributed by atoms with E-state index in [2.05, 4.69) is 9.97 Å². The monoisotopic (exact) mass is 410 g/mol. The van der Waals surface area contributed by atoms with Crippen molar-refractivity contribution in [1.82, 2.24) is 19.4 Å². The first-order valence-corrected chi connectivity index (χ1v) is 10.7. The lowest BCUT2D eigenvalue weighted by molar-refractivity contribution is 0.147. The maximum Gasteiger partial charge on any atom is 0.214 e. The Balaban J connectivity index is 1.57. The molecule has 0 spiro atoms. The van der Waals surface area contributed by atoms with Crippen LogP contribution in [0.25, 0.3) is 22.5 Å². The number of hydrogen-bond acceptors (Lipinski definition) is 6. The van der Waals surface area contributed by atoms with Crippen LogP contribution in [0.2, 0.25) is 0 Å². The Morgan fingerprint density at radius 1 is 0.643 bits per heavy atom. The summed E-state index contributed by atoms with van der Waals surface area (Å²) in [6.45, 7) is 0. The summed E-state index contributed by atoms with van der Waals surface area (Å²) in [5.74, 6) is 0. The van der Waals surface area contributed by atoms with Gasteiger partial charge in [-0.25, -0.2) is 9.97 Å². The Kier molecular flexibility index (Phi) is 5.59. The van der Waals surface area contributed by atoms with Crippen molar-refractivity contribution in [3.05, 3.63) is 73.1 Å².